The van der Waals surface area contributed by atoms with Crippen LogP contribution in [0, 0.1) is 0 Å². The number of pyridine rings is 1. The predicted octanol–water partition coefficient (Wildman–Crippen LogP) is 3.01. The largest absolute Gasteiger partial charge is 0.348 e. The van der Waals surface area contributed by atoms with E-state index in [-0.39, 0.29) is 5.91 Å². The highest BCUT2D eigenvalue weighted by atomic mass is 35.5. The van der Waals surface area contributed by atoms with Crippen molar-refractivity contribution in [3.8, 4) is 0 Å². The van der Waals surface area contributed by atoms with Gasteiger partial charge in [0, 0.05) is 18.8 Å². The number of nitrogens with zero attached hydrogens (tertiary/aromatic N) is 3. The summed E-state index contributed by atoms with van der Waals surface area (Å²) in [6.07, 6.45) is 6.33. The van der Waals surface area contributed by atoms with E-state index in [0.29, 0.717) is 17.4 Å². The molecule has 2 aromatic heterocycles. The summed E-state index contributed by atoms with van der Waals surface area (Å²) in [6, 6.07) is 11.1. The van der Waals surface area contributed by atoms with Gasteiger partial charge in [0.25, 0.3) is 0 Å². The number of hydrogen-bond donors (Lipinski definition) is 1. The van der Waals surface area contributed by atoms with Crippen molar-refractivity contribution in [2.24, 2.45) is 0 Å². The average Bonchev–Trinajstić information content (AvgIpc) is 2.59. The number of fused-ring (bicyclic) bond motifs is 1. The molecule has 0 saturated carbocycles. The van der Waals surface area contributed by atoms with E-state index in [1.54, 1.807) is 24.5 Å². The topological polar surface area (TPSA) is 67.8 Å². The van der Waals surface area contributed by atoms with Gasteiger partial charge in [0.1, 0.15) is 5.15 Å². The molecular weight excluding hydrogens is 312 g/mol. The molecule has 0 fully saturated rings. The highest BCUT2D eigenvalue weighted by Crippen LogP contribution is 2.09. The summed E-state index contributed by atoms with van der Waals surface area (Å²) in [5.74, 6) is -0.213. The first-order valence-corrected chi connectivity index (χ1v) is 7.37. The van der Waals surface area contributed by atoms with Crippen molar-refractivity contribution in [1.82, 2.24) is 20.3 Å². The first kappa shape index (κ1) is 15.1. The molecule has 0 aliphatic carbocycles. The number of halogens is 1. The van der Waals surface area contributed by atoms with E-state index in [2.05, 4.69) is 20.3 Å². The van der Waals surface area contributed by atoms with E-state index in [1.807, 2.05) is 30.3 Å². The molecule has 1 amide bonds. The van der Waals surface area contributed by atoms with Crippen molar-refractivity contribution in [2.75, 3.05) is 0 Å². The van der Waals surface area contributed by atoms with Crippen molar-refractivity contribution in [3.63, 3.8) is 0 Å². The summed E-state index contributed by atoms with van der Waals surface area (Å²) in [7, 11) is 0. The molecule has 0 spiro atoms. The van der Waals surface area contributed by atoms with E-state index in [0.717, 1.165) is 16.6 Å². The van der Waals surface area contributed by atoms with Crippen molar-refractivity contribution < 1.29 is 4.79 Å². The Hall–Kier alpha value is -2.79. The lowest BCUT2D eigenvalue weighted by molar-refractivity contribution is -0.116. The van der Waals surface area contributed by atoms with Crippen molar-refractivity contribution in [1.29, 1.82) is 0 Å². The summed E-state index contributed by atoms with van der Waals surface area (Å²) >= 11 is 5.71. The molecule has 2 heterocycles. The number of nitrogens with one attached hydrogen (secondary N) is 1. The molecule has 1 N–H and O–H groups in total. The van der Waals surface area contributed by atoms with Crippen LogP contribution in [0.3, 0.4) is 0 Å². The monoisotopic (exact) mass is 324 g/mol. The molecule has 114 valence electrons. The number of aromatic nitrogens is 3. The van der Waals surface area contributed by atoms with E-state index < -0.39 is 0 Å². The van der Waals surface area contributed by atoms with Crippen molar-refractivity contribution in [2.45, 2.75) is 6.54 Å². The smallest absolute Gasteiger partial charge is 0.244 e. The molecule has 23 heavy (non-hydrogen) atoms. The van der Waals surface area contributed by atoms with Crippen LogP contribution < -0.4 is 5.32 Å². The lowest BCUT2D eigenvalue weighted by Gasteiger charge is -2.02. The number of hydrogen-bond acceptors (Lipinski definition) is 4. The van der Waals surface area contributed by atoms with E-state index >= 15 is 0 Å². The molecule has 0 atom stereocenters. The third-order valence-electron chi connectivity index (χ3n) is 3.13. The summed E-state index contributed by atoms with van der Waals surface area (Å²) in [6.45, 7) is 0.386. The fourth-order valence-corrected chi connectivity index (χ4v) is 2.08. The van der Waals surface area contributed by atoms with E-state index in [1.165, 1.54) is 6.08 Å². The standard InChI is InChI=1S/C17H13ClN4O/c18-16-7-5-12(9-20-16)10-21-17(23)8-6-13-11-19-14-3-1-2-4-15(14)22-13/h1-9,11H,10H2,(H,21,23). The van der Waals surface area contributed by atoms with Gasteiger partial charge in [-0.15, -0.1) is 0 Å². The van der Waals surface area contributed by atoms with Crippen LogP contribution in [-0.2, 0) is 11.3 Å². The molecule has 6 heteroatoms. The highest BCUT2D eigenvalue weighted by Gasteiger charge is 1.99. The Morgan fingerprint density at radius 2 is 1.91 bits per heavy atom. The summed E-state index contributed by atoms with van der Waals surface area (Å²) in [5.41, 5.74) is 3.13. The fraction of sp³-hybridized carbons (Fsp3) is 0.0588. The molecule has 0 radical (unpaired) electrons. The van der Waals surface area contributed by atoms with Gasteiger partial charge >= 0.3 is 0 Å². The Kier molecular flexibility index (Phi) is 4.59. The molecule has 5 nitrogen and oxygen atoms in total. The molecule has 1 aromatic carbocycles. The third kappa shape index (κ3) is 4.11. The number of benzene rings is 1. The zero-order valence-electron chi connectivity index (χ0n) is 12.1. The second kappa shape index (κ2) is 6.98. The number of amides is 1. The predicted molar refractivity (Wildman–Crippen MR) is 89.7 cm³/mol. The van der Waals surface area contributed by atoms with Crippen LogP contribution in [0.4, 0.5) is 0 Å². The molecule has 0 bridgehead atoms. The molecule has 3 rings (SSSR count). The van der Waals surface area contributed by atoms with Gasteiger partial charge in [-0.2, -0.15) is 0 Å². The van der Waals surface area contributed by atoms with Gasteiger partial charge in [0.15, 0.2) is 0 Å². The van der Waals surface area contributed by atoms with Gasteiger partial charge in [0.05, 0.1) is 22.9 Å². The zero-order chi connectivity index (χ0) is 16.1. The van der Waals surface area contributed by atoms with E-state index in [4.69, 9.17) is 11.6 Å². The average molecular weight is 325 g/mol. The van der Waals surface area contributed by atoms with Gasteiger partial charge in [0.2, 0.25) is 5.91 Å². The molecule has 0 saturated heterocycles. The van der Waals surface area contributed by atoms with E-state index in [9.17, 15) is 4.79 Å². The Morgan fingerprint density at radius 1 is 1.09 bits per heavy atom. The summed E-state index contributed by atoms with van der Waals surface area (Å²) < 4.78 is 0. The number of carbonyl (C=O) groups excluding carboxylic acids is 1. The maximum absolute atomic E-state index is 11.8. The van der Waals surface area contributed by atoms with Gasteiger partial charge in [-0.1, -0.05) is 29.8 Å². The SMILES string of the molecule is O=C(C=Cc1cnc2ccccc2n1)NCc1ccc(Cl)nc1. The first-order chi connectivity index (χ1) is 11.2. The minimum atomic E-state index is -0.213. The van der Waals surface area contributed by atoms with Gasteiger partial charge < -0.3 is 5.32 Å². The van der Waals surface area contributed by atoms with Crippen LogP contribution in [0.25, 0.3) is 17.1 Å². The fourth-order valence-electron chi connectivity index (χ4n) is 1.97. The normalized spacial score (nSPS) is 11.0. The molecular formula is C17H13ClN4O. The maximum atomic E-state index is 11.8. The molecule has 0 unspecified atom stereocenters. The van der Waals surface area contributed by atoms with Crippen molar-refractivity contribution >= 4 is 34.6 Å². The number of carbonyl (C=O) groups is 1. The maximum Gasteiger partial charge on any atom is 0.244 e. The van der Waals surface area contributed by atoms with Crippen LogP contribution in [0.2, 0.25) is 5.15 Å². The Labute approximate surface area is 138 Å². The lowest BCUT2D eigenvalue weighted by atomic mass is 10.2. The van der Waals surface area contributed by atoms with Gasteiger partial charge in [-0.3, -0.25) is 9.78 Å². The minimum Gasteiger partial charge on any atom is -0.348 e. The van der Waals surface area contributed by atoms with Crippen LogP contribution in [0.15, 0.2) is 54.9 Å². The number of para-hydroxylation sites is 2. The Bertz CT molecular complexity index is 862. The van der Waals surface area contributed by atoms with Gasteiger partial charge in [-0.05, 0) is 29.8 Å². The minimum absolute atomic E-state index is 0.213. The number of rotatable bonds is 4. The molecule has 3 aromatic rings. The molecule has 0 aliphatic heterocycles. The van der Waals surface area contributed by atoms with Crippen LogP contribution in [0.1, 0.15) is 11.3 Å². The quantitative estimate of drug-likeness (QED) is 0.591. The Morgan fingerprint density at radius 3 is 2.70 bits per heavy atom. The zero-order valence-corrected chi connectivity index (χ0v) is 12.9. The second-order valence-corrected chi connectivity index (χ2v) is 5.21. The summed E-state index contributed by atoms with van der Waals surface area (Å²) in [4.78, 5) is 24.5. The molecule has 0 aliphatic rings. The summed E-state index contributed by atoms with van der Waals surface area (Å²) in [5, 5.41) is 3.19. The Balaban J connectivity index is 1.61. The highest BCUT2D eigenvalue weighted by molar-refractivity contribution is 6.29. The first-order valence-electron chi connectivity index (χ1n) is 6.99. The lowest BCUT2D eigenvalue weighted by Crippen LogP contribution is -2.20. The third-order valence-corrected chi connectivity index (χ3v) is 3.35. The van der Waals surface area contributed by atoms with Gasteiger partial charge in [-0.25, -0.2) is 9.97 Å². The van der Waals surface area contributed by atoms with Crippen molar-refractivity contribution in [3.05, 3.63) is 71.3 Å². The van der Waals surface area contributed by atoms with Crippen LogP contribution >= 0.6 is 11.6 Å². The van der Waals surface area contributed by atoms with Crippen LogP contribution in [-0.4, -0.2) is 20.9 Å². The second-order valence-electron chi connectivity index (χ2n) is 4.82. The van der Waals surface area contributed by atoms with Crippen LogP contribution in [0.5, 0.6) is 0 Å².